The number of aromatic nitrogens is 2. The van der Waals surface area contributed by atoms with E-state index in [2.05, 4.69) is 15.7 Å². The van der Waals surface area contributed by atoms with Crippen molar-refractivity contribution in [2.45, 2.75) is 63.4 Å². The molecule has 0 bridgehead atoms. The lowest BCUT2D eigenvalue weighted by Gasteiger charge is -2.25. The predicted molar refractivity (Wildman–Crippen MR) is 120 cm³/mol. The van der Waals surface area contributed by atoms with E-state index in [9.17, 15) is 18.0 Å². The molecule has 32 heavy (non-hydrogen) atoms. The first-order chi connectivity index (χ1) is 15.3. The van der Waals surface area contributed by atoms with E-state index in [1.165, 1.54) is 8.99 Å². The molecule has 2 aliphatic rings. The van der Waals surface area contributed by atoms with E-state index in [1.54, 1.807) is 38.1 Å². The minimum atomic E-state index is -3.64. The van der Waals surface area contributed by atoms with Crippen molar-refractivity contribution in [3.05, 3.63) is 41.2 Å². The van der Waals surface area contributed by atoms with E-state index in [1.807, 2.05) is 0 Å². The van der Waals surface area contributed by atoms with Crippen molar-refractivity contribution in [1.29, 1.82) is 0 Å². The number of sulfonamides is 1. The molecule has 10 heteroatoms. The summed E-state index contributed by atoms with van der Waals surface area (Å²) < 4.78 is 29.2. The van der Waals surface area contributed by atoms with Gasteiger partial charge in [-0.3, -0.25) is 14.3 Å². The molecule has 1 aliphatic carbocycles. The van der Waals surface area contributed by atoms with Gasteiger partial charge in [-0.15, -0.1) is 0 Å². The third-order valence-electron chi connectivity index (χ3n) is 5.84. The summed E-state index contributed by atoms with van der Waals surface area (Å²) in [5.74, 6) is -0.507. The number of hydrogen-bond donors (Lipinski definition) is 2. The number of piperidine rings is 1. The number of aryl methyl sites for hydroxylation is 1. The lowest BCUT2D eigenvalue weighted by atomic mass is 10.2. The Morgan fingerprint density at radius 2 is 1.84 bits per heavy atom. The molecule has 172 valence electrons. The normalized spacial score (nSPS) is 17.2. The molecule has 1 aliphatic heterocycles. The topological polar surface area (TPSA) is 113 Å². The van der Waals surface area contributed by atoms with Gasteiger partial charge in [-0.1, -0.05) is 12.5 Å². The number of benzene rings is 1. The van der Waals surface area contributed by atoms with E-state index in [-0.39, 0.29) is 29.3 Å². The van der Waals surface area contributed by atoms with Crippen LogP contribution in [-0.2, 0) is 21.4 Å². The van der Waals surface area contributed by atoms with Crippen molar-refractivity contribution in [2.24, 2.45) is 0 Å². The Labute approximate surface area is 188 Å². The minimum Gasteiger partial charge on any atom is -0.349 e. The van der Waals surface area contributed by atoms with Crippen molar-refractivity contribution in [1.82, 2.24) is 19.4 Å². The standard InChI is InChI=1S/C22H29N5O4S/c1-15-21(32(30,31)26-11-4-3-5-12-26)16(2)27(25-15)14-20(28)23-19-8-6-7-17(13-19)22(29)24-18-9-10-18/h6-8,13,18H,3-5,9-12,14H2,1-2H3,(H,23,28)(H,24,29). The van der Waals surface area contributed by atoms with Gasteiger partial charge in [0.1, 0.15) is 11.4 Å². The van der Waals surface area contributed by atoms with Crippen LogP contribution in [0.5, 0.6) is 0 Å². The Balaban J connectivity index is 1.46. The second-order valence-corrected chi connectivity index (χ2v) is 10.4. The highest BCUT2D eigenvalue weighted by atomic mass is 32.2. The largest absolute Gasteiger partial charge is 0.349 e. The number of amides is 2. The van der Waals surface area contributed by atoms with E-state index < -0.39 is 10.0 Å². The van der Waals surface area contributed by atoms with Gasteiger partial charge in [0.15, 0.2) is 0 Å². The summed E-state index contributed by atoms with van der Waals surface area (Å²) in [6.07, 6.45) is 4.74. The maximum Gasteiger partial charge on any atom is 0.251 e. The van der Waals surface area contributed by atoms with Crippen LogP contribution in [0.15, 0.2) is 29.2 Å². The number of hydrogen-bond acceptors (Lipinski definition) is 5. The quantitative estimate of drug-likeness (QED) is 0.659. The molecule has 0 radical (unpaired) electrons. The van der Waals surface area contributed by atoms with Gasteiger partial charge in [0.25, 0.3) is 5.91 Å². The van der Waals surface area contributed by atoms with Crippen LogP contribution in [0.4, 0.5) is 5.69 Å². The van der Waals surface area contributed by atoms with Crippen LogP contribution in [0.3, 0.4) is 0 Å². The molecule has 2 amide bonds. The van der Waals surface area contributed by atoms with E-state index in [0.717, 1.165) is 32.1 Å². The zero-order chi connectivity index (χ0) is 22.9. The molecular weight excluding hydrogens is 430 g/mol. The lowest BCUT2D eigenvalue weighted by molar-refractivity contribution is -0.116. The molecule has 4 rings (SSSR count). The highest BCUT2D eigenvalue weighted by Gasteiger charge is 2.32. The summed E-state index contributed by atoms with van der Waals surface area (Å²) in [4.78, 5) is 25.1. The molecular formula is C22H29N5O4S. The van der Waals surface area contributed by atoms with Crippen molar-refractivity contribution in [3.63, 3.8) is 0 Å². The summed E-state index contributed by atoms with van der Waals surface area (Å²) in [5.41, 5.74) is 1.82. The number of anilines is 1. The summed E-state index contributed by atoms with van der Waals surface area (Å²) in [7, 11) is -3.64. The molecule has 0 atom stereocenters. The van der Waals surface area contributed by atoms with E-state index >= 15 is 0 Å². The zero-order valence-electron chi connectivity index (χ0n) is 18.4. The van der Waals surface area contributed by atoms with Crippen molar-refractivity contribution in [3.8, 4) is 0 Å². The highest BCUT2D eigenvalue weighted by molar-refractivity contribution is 7.89. The summed E-state index contributed by atoms with van der Waals surface area (Å²) in [6, 6.07) is 7.00. The van der Waals surface area contributed by atoms with Gasteiger partial charge in [-0.2, -0.15) is 9.40 Å². The van der Waals surface area contributed by atoms with Gasteiger partial charge >= 0.3 is 0 Å². The Hall–Kier alpha value is -2.72. The van der Waals surface area contributed by atoms with Crippen LogP contribution >= 0.6 is 0 Å². The average Bonchev–Trinajstić information content (AvgIpc) is 3.52. The average molecular weight is 460 g/mol. The van der Waals surface area contributed by atoms with Crippen LogP contribution in [-0.4, -0.2) is 53.4 Å². The second kappa shape index (κ2) is 9.03. The molecule has 1 saturated heterocycles. The number of rotatable bonds is 7. The Morgan fingerprint density at radius 3 is 2.53 bits per heavy atom. The fourth-order valence-corrected chi connectivity index (χ4v) is 5.90. The van der Waals surface area contributed by atoms with Crippen LogP contribution in [0, 0.1) is 13.8 Å². The maximum absolute atomic E-state index is 13.1. The van der Waals surface area contributed by atoms with Crippen LogP contribution in [0.2, 0.25) is 0 Å². The number of carbonyl (C=O) groups is 2. The summed E-state index contributed by atoms with van der Waals surface area (Å²) >= 11 is 0. The Bertz CT molecular complexity index is 1130. The smallest absolute Gasteiger partial charge is 0.251 e. The fraction of sp³-hybridized carbons (Fsp3) is 0.500. The predicted octanol–water partition coefficient (Wildman–Crippen LogP) is 2.21. The molecule has 0 spiro atoms. The molecule has 9 nitrogen and oxygen atoms in total. The van der Waals surface area contributed by atoms with E-state index in [4.69, 9.17) is 0 Å². The summed E-state index contributed by atoms with van der Waals surface area (Å²) in [6.45, 7) is 4.23. The number of carbonyl (C=O) groups excluding carboxylic acids is 2. The van der Waals surface area contributed by atoms with E-state index in [0.29, 0.717) is 35.7 Å². The van der Waals surface area contributed by atoms with Gasteiger partial charge in [-0.05, 0) is 57.7 Å². The zero-order valence-corrected chi connectivity index (χ0v) is 19.2. The Morgan fingerprint density at radius 1 is 1.12 bits per heavy atom. The molecule has 1 aromatic carbocycles. The molecule has 2 N–H and O–H groups in total. The second-order valence-electron chi connectivity index (χ2n) is 8.50. The Kier molecular flexibility index (Phi) is 6.34. The third-order valence-corrected chi connectivity index (χ3v) is 7.99. The van der Waals surface area contributed by atoms with Crippen molar-refractivity contribution >= 4 is 27.5 Å². The minimum absolute atomic E-state index is 0.124. The number of nitrogens with zero attached hydrogens (tertiary/aromatic N) is 3. The third kappa shape index (κ3) is 4.86. The van der Waals surface area contributed by atoms with Gasteiger partial charge < -0.3 is 10.6 Å². The van der Waals surface area contributed by atoms with Crippen molar-refractivity contribution in [2.75, 3.05) is 18.4 Å². The van der Waals surface area contributed by atoms with Crippen LogP contribution in [0.25, 0.3) is 0 Å². The number of nitrogens with one attached hydrogen (secondary N) is 2. The SMILES string of the molecule is Cc1nn(CC(=O)Nc2cccc(C(=O)NC3CC3)c2)c(C)c1S(=O)(=O)N1CCCCC1. The molecule has 1 saturated carbocycles. The fourth-order valence-electron chi connectivity index (χ4n) is 4.01. The maximum atomic E-state index is 13.1. The lowest BCUT2D eigenvalue weighted by Crippen LogP contribution is -2.36. The first kappa shape index (κ1) is 22.5. The van der Waals surface area contributed by atoms with Gasteiger partial charge in [0.05, 0.1) is 11.4 Å². The molecule has 2 fully saturated rings. The van der Waals surface area contributed by atoms with Gasteiger partial charge in [0.2, 0.25) is 15.9 Å². The molecule has 2 aromatic rings. The first-order valence-electron chi connectivity index (χ1n) is 11.0. The van der Waals surface area contributed by atoms with Crippen LogP contribution in [0.1, 0.15) is 53.8 Å². The highest BCUT2D eigenvalue weighted by Crippen LogP contribution is 2.26. The van der Waals surface area contributed by atoms with Gasteiger partial charge in [0, 0.05) is 30.4 Å². The monoisotopic (exact) mass is 459 g/mol. The summed E-state index contributed by atoms with van der Waals surface area (Å²) in [5, 5.41) is 10.0. The molecule has 2 heterocycles. The first-order valence-corrected chi connectivity index (χ1v) is 12.4. The van der Waals surface area contributed by atoms with Gasteiger partial charge in [-0.25, -0.2) is 8.42 Å². The molecule has 1 aromatic heterocycles. The molecule has 0 unspecified atom stereocenters. The van der Waals surface area contributed by atoms with Crippen molar-refractivity contribution < 1.29 is 18.0 Å². The van der Waals surface area contributed by atoms with Crippen LogP contribution < -0.4 is 10.6 Å².